The minimum absolute atomic E-state index is 0.0241. The summed E-state index contributed by atoms with van der Waals surface area (Å²) in [7, 11) is 0.521. The summed E-state index contributed by atoms with van der Waals surface area (Å²) in [5.74, 6) is -0.970. The lowest BCUT2D eigenvalue weighted by Gasteiger charge is -2.23. The smallest absolute Gasteiger partial charge is 0.408 e. The number of hydrogen-bond donors (Lipinski definition) is 4. The molecule has 0 saturated carbocycles. The first-order valence-corrected chi connectivity index (χ1v) is 14.9. The number of aliphatic hydroxyl groups excluding tert-OH is 1. The normalized spacial score (nSPS) is 16.1. The van der Waals surface area contributed by atoms with Crippen LogP contribution >= 0.6 is 22.7 Å². The van der Waals surface area contributed by atoms with Crippen molar-refractivity contribution < 1.29 is 38.8 Å². The maximum atomic E-state index is 11.6. The molecule has 13 heteroatoms. The van der Waals surface area contributed by atoms with Gasteiger partial charge in [0.25, 0.3) is 0 Å². The summed E-state index contributed by atoms with van der Waals surface area (Å²) in [6, 6.07) is 3.76. The van der Waals surface area contributed by atoms with Crippen molar-refractivity contribution in [1.82, 2.24) is 10.6 Å². The van der Waals surface area contributed by atoms with Crippen molar-refractivity contribution in [2.24, 2.45) is 0 Å². The average molecular weight is 614 g/mol. The molecule has 1 aliphatic rings. The summed E-state index contributed by atoms with van der Waals surface area (Å²) >= 11 is 3.01. The van der Waals surface area contributed by atoms with Gasteiger partial charge in [0.15, 0.2) is 0 Å². The Hall–Kier alpha value is -2.61. The molecule has 1 saturated heterocycles. The maximum absolute atomic E-state index is 11.6. The van der Waals surface area contributed by atoms with E-state index in [1.54, 1.807) is 38.2 Å². The van der Waals surface area contributed by atoms with Crippen LogP contribution in [0.1, 0.15) is 90.4 Å². The molecular formula is C28H46BN2O8S2-. The van der Waals surface area contributed by atoms with Crippen LogP contribution in [0.3, 0.4) is 0 Å². The van der Waals surface area contributed by atoms with E-state index in [0.717, 1.165) is 23.7 Å². The number of rotatable bonds is 8. The van der Waals surface area contributed by atoms with Gasteiger partial charge >= 0.3 is 18.2 Å². The first-order valence-electron chi connectivity index (χ1n) is 13.0. The minimum Gasteiger partial charge on any atom is -0.481 e. The van der Waals surface area contributed by atoms with Crippen molar-refractivity contribution in [1.29, 1.82) is 0 Å². The van der Waals surface area contributed by atoms with Gasteiger partial charge < -0.3 is 35.1 Å². The van der Waals surface area contributed by atoms with Gasteiger partial charge in [-0.25, -0.2) is 9.59 Å². The van der Waals surface area contributed by atoms with Crippen molar-refractivity contribution in [3.63, 3.8) is 0 Å². The molecule has 3 atom stereocenters. The molecule has 3 rings (SSSR count). The third kappa shape index (κ3) is 17.7. The maximum Gasteiger partial charge on any atom is 0.408 e. The van der Waals surface area contributed by atoms with Crippen LogP contribution in [0.2, 0.25) is 0 Å². The SMILES string of the molecule is CC(C)(C)OC(=O)NC(CC(=O)O)c1ccsc1.CC(C)(C)OC(=O)NC(CCO)c1ccsc1.[BH3-]C1CCCO1. The lowest BCUT2D eigenvalue weighted by atomic mass is 9.98. The predicted molar refractivity (Wildman–Crippen MR) is 166 cm³/mol. The van der Waals surface area contributed by atoms with Crippen LogP contribution in [0, 0.1) is 0 Å². The highest BCUT2D eigenvalue weighted by Crippen LogP contribution is 2.21. The van der Waals surface area contributed by atoms with Gasteiger partial charge in [0, 0.05) is 13.2 Å². The quantitative estimate of drug-likeness (QED) is 0.306. The molecule has 0 spiro atoms. The summed E-state index contributed by atoms with van der Waals surface area (Å²) in [6.45, 7) is 11.8. The molecule has 0 radical (unpaired) electrons. The number of alkyl carbamates (subject to hydrolysis) is 2. The third-order valence-corrected chi connectivity index (χ3v) is 6.17. The molecule has 2 aromatic heterocycles. The Labute approximate surface area is 252 Å². The Bertz CT molecular complexity index is 1020. The van der Waals surface area contributed by atoms with Crippen LogP contribution in [0.4, 0.5) is 9.59 Å². The van der Waals surface area contributed by atoms with Gasteiger partial charge in [0.2, 0.25) is 0 Å². The number of carboxylic acid groups (broad SMARTS) is 1. The molecule has 2 aromatic rings. The molecule has 232 valence electrons. The number of amides is 2. The van der Waals surface area contributed by atoms with Crippen molar-refractivity contribution in [2.45, 2.75) is 96.5 Å². The number of aliphatic carboxylic acids is 1. The van der Waals surface area contributed by atoms with E-state index in [9.17, 15) is 14.4 Å². The number of aliphatic hydroxyl groups is 1. The van der Waals surface area contributed by atoms with Gasteiger partial charge in [-0.15, -0.1) is 0 Å². The number of hydrogen-bond acceptors (Lipinski definition) is 9. The Kier molecular flexibility index (Phi) is 16.0. The van der Waals surface area contributed by atoms with Crippen molar-refractivity contribution in [3.8, 4) is 0 Å². The zero-order valence-electron chi connectivity index (χ0n) is 24.1. The van der Waals surface area contributed by atoms with Crippen LogP contribution in [-0.4, -0.2) is 66.6 Å². The van der Waals surface area contributed by atoms with E-state index in [1.807, 2.05) is 48.4 Å². The molecule has 0 bridgehead atoms. The van der Waals surface area contributed by atoms with E-state index >= 15 is 0 Å². The highest BCUT2D eigenvalue weighted by atomic mass is 32.1. The fraction of sp³-hybridized carbons (Fsp3) is 0.607. The monoisotopic (exact) mass is 613 g/mol. The summed E-state index contributed by atoms with van der Waals surface area (Å²) in [5, 5.41) is 30.7. The Morgan fingerprint density at radius 2 is 1.46 bits per heavy atom. The van der Waals surface area contributed by atoms with Crippen molar-refractivity contribution >= 4 is 48.7 Å². The Morgan fingerprint density at radius 3 is 1.78 bits per heavy atom. The Morgan fingerprint density at radius 1 is 0.976 bits per heavy atom. The number of carbonyl (C=O) groups is 3. The molecule has 4 N–H and O–H groups in total. The van der Waals surface area contributed by atoms with Gasteiger partial charge in [-0.05, 0) is 107 Å². The Balaban J connectivity index is 0.000000341. The molecule has 1 aliphatic heterocycles. The standard InChI is InChI=1S/C12H17NO4S.C12H19NO3S.C4H10BO/c1-12(2,3)17-11(16)13-9(6-10(14)15)8-4-5-18-7-8;1-12(2,3)16-11(15)13-10(4-6-14)9-5-7-17-8-9;5-4-2-1-3-6-4/h4-5,7,9H,6H2,1-3H3,(H,13,16)(H,14,15);5,7-8,10,14H,4,6H2,1-3H3,(H,13,15);4H,1-3H2,5H3/q;;-1. The van der Waals surface area contributed by atoms with Crippen LogP contribution in [-0.2, 0) is 19.0 Å². The predicted octanol–water partition coefficient (Wildman–Crippen LogP) is 4.97. The number of nitrogens with one attached hydrogen (secondary N) is 2. The highest BCUT2D eigenvalue weighted by Gasteiger charge is 2.23. The van der Waals surface area contributed by atoms with Crippen molar-refractivity contribution in [3.05, 3.63) is 44.8 Å². The summed E-state index contributed by atoms with van der Waals surface area (Å²) in [4.78, 5) is 34.0. The molecule has 3 heterocycles. The fourth-order valence-electron chi connectivity index (χ4n) is 3.14. The second kappa shape index (κ2) is 18.0. The largest absolute Gasteiger partial charge is 0.481 e. The van der Waals surface area contributed by atoms with Gasteiger partial charge in [-0.3, -0.25) is 4.79 Å². The van der Waals surface area contributed by atoms with Crippen molar-refractivity contribution in [2.75, 3.05) is 13.2 Å². The fourth-order valence-corrected chi connectivity index (χ4v) is 4.57. The molecule has 10 nitrogen and oxygen atoms in total. The summed E-state index contributed by atoms with van der Waals surface area (Å²) < 4.78 is 15.6. The molecular weight excluding hydrogens is 567 g/mol. The number of thiophene rings is 2. The first-order chi connectivity index (χ1) is 19.1. The van der Waals surface area contributed by atoms with Crippen LogP contribution in [0.25, 0.3) is 0 Å². The molecule has 3 unspecified atom stereocenters. The topological polar surface area (TPSA) is 143 Å². The van der Waals surface area contributed by atoms with E-state index in [0.29, 0.717) is 14.3 Å². The van der Waals surface area contributed by atoms with E-state index in [1.165, 1.54) is 24.2 Å². The van der Waals surface area contributed by atoms with Gasteiger partial charge in [0.05, 0.1) is 18.5 Å². The lowest BCUT2D eigenvalue weighted by Crippen LogP contribution is -2.35. The first kappa shape index (κ1) is 36.4. The number of carboxylic acids is 1. The van der Waals surface area contributed by atoms with E-state index in [-0.39, 0.29) is 19.1 Å². The lowest BCUT2D eigenvalue weighted by molar-refractivity contribution is -0.137. The summed E-state index contributed by atoms with van der Waals surface area (Å²) in [6.07, 6.45) is 1.95. The molecule has 2 amide bonds. The average Bonchev–Trinajstić information content (AvgIpc) is 3.60. The number of ether oxygens (including phenoxy) is 3. The molecule has 0 aliphatic carbocycles. The zero-order chi connectivity index (χ0) is 31.1. The minimum atomic E-state index is -0.970. The number of carbonyl (C=O) groups excluding carboxylic acids is 2. The van der Waals surface area contributed by atoms with E-state index in [2.05, 4.69) is 10.6 Å². The van der Waals surface area contributed by atoms with Gasteiger partial charge in [-0.2, -0.15) is 22.7 Å². The molecule has 1 fully saturated rings. The van der Waals surface area contributed by atoms with Crippen LogP contribution in [0.5, 0.6) is 0 Å². The third-order valence-electron chi connectivity index (χ3n) is 4.77. The second-order valence-corrected chi connectivity index (χ2v) is 12.4. The second-order valence-electron chi connectivity index (χ2n) is 10.8. The van der Waals surface area contributed by atoms with Gasteiger partial charge in [-0.1, -0.05) is 12.4 Å². The van der Waals surface area contributed by atoms with E-state index in [4.69, 9.17) is 24.4 Å². The highest BCUT2D eigenvalue weighted by molar-refractivity contribution is 7.08. The van der Waals surface area contributed by atoms with Crippen LogP contribution in [0.15, 0.2) is 33.7 Å². The molecule has 0 aromatic carbocycles. The molecule has 41 heavy (non-hydrogen) atoms. The summed E-state index contributed by atoms with van der Waals surface area (Å²) in [5.41, 5.74) is 0.651. The zero-order valence-corrected chi connectivity index (χ0v) is 25.7. The van der Waals surface area contributed by atoms with Gasteiger partial charge in [0.1, 0.15) is 11.2 Å². The van der Waals surface area contributed by atoms with Crippen LogP contribution < -0.4 is 10.6 Å². The van der Waals surface area contributed by atoms with E-state index < -0.39 is 35.4 Å².